The third-order valence-electron chi connectivity index (χ3n) is 4.71. The number of morpholine rings is 1. The van der Waals surface area contributed by atoms with Crippen molar-refractivity contribution in [1.82, 2.24) is 25.4 Å². The molecule has 1 aromatic carbocycles. The van der Waals surface area contributed by atoms with Crippen LogP contribution in [0.2, 0.25) is 0 Å². The van der Waals surface area contributed by atoms with Gasteiger partial charge in [0.05, 0.1) is 19.0 Å². The van der Waals surface area contributed by atoms with Crippen molar-refractivity contribution in [3.05, 3.63) is 29.8 Å². The van der Waals surface area contributed by atoms with Crippen LogP contribution in [-0.2, 0) is 9.53 Å². The molecule has 1 saturated heterocycles. The van der Waals surface area contributed by atoms with Crippen LogP contribution in [0, 0.1) is 6.92 Å². The number of H-pyrrole nitrogens is 1. The topological polar surface area (TPSA) is 83.1 Å². The van der Waals surface area contributed by atoms with Gasteiger partial charge in [0.2, 0.25) is 11.1 Å². The highest BCUT2D eigenvalue weighted by Gasteiger charge is 2.28. The first-order chi connectivity index (χ1) is 12.9. The molecule has 1 aliphatic rings. The number of nitrogens with one attached hydrogen (secondary N) is 2. The molecule has 1 amide bonds. The summed E-state index contributed by atoms with van der Waals surface area (Å²) in [6.45, 7) is 10.2. The number of aryl methyl sites for hydroxylation is 1. The molecule has 146 valence electrons. The SMILES string of the molecule is Cc1ccc(-c2nc(SCC(=O)NCC(C)(C)N3CCOCC3)n[nH]2)cc1. The van der Waals surface area contributed by atoms with Crippen LogP contribution in [0.3, 0.4) is 0 Å². The van der Waals surface area contributed by atoms with E-state index in [0.29, 0.717) is 23.3 Å². The van der Waals surface area contributed by atoms with Gasteiger partial charge in [-0.2, -0.15) is 0 Å². The van der Waals surface area contributed by atoms with E-state index in [0.717, 1.165) is 31.9 Å². The molecule has 1 aliphatic heterocycles. The second-order valence-corrected chi connectivity index (χ2v) is 8.25. The third kappa shape index (κ3) is 5.54. The first-order valence-electron chi connectivity index (χ1n) is 9.16. The number of thioether (sulfide) groups is 1. The zero-order chi connectivity index (χ0) is 19.3. The lowest BCUT2D eigenvalue weighted by Gasteiger charge is -2.40. The van der Waals surface area contributed by atoms with Gasteiger partial charge >= 0.3 is 0 Å². The summed E-state index contributed by atoms with van der Waals surface area (Å²) in [4.78, 5) is 19.0. The molecule has 8 heteroatoms. The molecule has 0 unspecified atom stereocenters. The van der Waals surface area contributed by atoms with E-state index in [9.17, 15) is 4.79 Å². The Hall–Kier alpha value is -1.90. The molecule has 0 atom stereocenters. The van der Waals surface area contributed by atoms with Crippen LogP contribution in [0.25, 0.3) is 11.4 Å². The number of ether oxygens (including phenoxy) is 1. The maximum atomic E-state index is 12.2. The number of carbonyl (C=O) groups excluding carboxylic acids is 1. The minimum atomic E-state index is -0.0900. The normalized spacial score (nSPS) is 15.7. The summed E-state index contributed by atoms with van der Waals surface area (Å²) in [5.74, 6) is 0.999. The van der Waals surface area contributed by atoms with E-state index >= 15 is 0 Å². The lowest BCUT2D eigenvalue weighted by molar-refractivity contribution is -0.119. The zero-order valence-corrected chi connectivity index (χ0v) is 16.9. The van der Waals surface area contributed by atoms with Crippen molar-refractivity contribution in [3.8, 4) is 11.4 Å². The van der Waals surface area contributed by atoms with Crippen LogP contribution in [0.4, 0.5) is 0 Å². The molecule has 27 heavy (non-hydrogen) atoms. The molecule has 2 aromatic rings. The van der Waals surface area contributed by atoms with E-state index in [-0.39, 0.29) is 11.4 Å². The van der Waals surface area contributed by atoms with Crippen LogP contribution in [0.1, 0.15) is 19.4 Å². The monoisotopic (exact) mass is 389 g/mol. The summed E-state index contributed by atoms with van der Waals surface area (Å²) >= 11 is 1.33. The Bertz CT molecular complexity index is 754. The maximum absolute atomic E-state index is 12.2. The average molecular weight is 390 g/mol. The largest absolute Gasteiger partial charge is 0.379 e. The maximum Gasteiger partial charge on any atom is 0.230 e. The summed E-state index contributed by atoms with van der Waals surface area (Å²) in [7, 11) is 0. The van der Waals surface area contributed by atoms with Gasteiger partial charge in [-0.05, 0) is 20.8 Å². The van der Waals surface area contributed by atoms with Gasteiger partial charge in [0, 0.05) is 30.7 Å². The number of amides is 1. The second kappa shape index (κ2) is 8.86. The number of hydrogen-bond donors (Lipinski definition) is 2. The van der Waals surface area contributed by atoms with Crippen molar-refractivity contribution in [2.45, 2.75) is 31.5 Å². The molecule has 1 aromatic heterocycles. The predicted octanol–water partition coefficient (Wildman–Crippen LogP) is 2.10. The van der Waals surface area contributed by atoms with Crippen LogP contribution in [-0.4, -0.2) is 70.1 Å². The van der Waals surface area contributed by atoms with E-state index in [1.807, 2.05) is 31.2 Å². The molecule has 0 aliphatic carbocycles. The number of rotatable bonds is 7. The van der Waals surface area contributed by atoms with Crippen LogP contribution in [0.5, 0.6) is 0 Å². The molecule has 3 rings (SSSR count). The summed E-state index contributed by atoms with van der Waals surface area (Å²) in [6, 6.07) is 8.08. The number of hydrogen-bond acceptors (Lipinski definition) is 6. The lowest BCUT2D eigenvalue weighted by Crippen LogP contribution is -2.55. The molecule has 2 N–H and O–H groups in total. The Morgan fingerprint density at radius 3 is 2.70 bits per heavy atom. The fourth-order valence-corrected chi connectivity index (χ4v) is 3.56. The summed E-state index contributed by atoms with van der Waals surface area (Å²) in [6.07, 6.45) is 0. The van der Waals surface area contributed by atoms with E-state index in [1.54, 1.807) is 0 Å². The number of benzene rings is 1. The van der Waals surface area contributed by atoms with Crippen molar-refractivity contribution in [1.29, 1.82) is 0 Å². The molecule has 0 bridgehead atoms. The fraction of sp³-hybridized carbons (Fsp3) is 0.526. The van der Waals surface area contributed by atoms with Gasteiger partial charge in [-0.1, -0.05) is 41.6 Å². The Balaban J connectivity index is 1.46. The molecule has 0 radical (unpaired) electrons. The van der Waals surface area contributed by atoms with Crippen LogP contribution in [0.15, 0.2) is 29.4 Å². The van der Waals surface area contributed by atoms with Crippen molar-refractivity contribution in [2.24, 2.45) is 0 Å². The van der Waals surface area contributed by atoms with E-state index < -0.39 is 0 Å². The second-order valence-electron chi connectivity index (χ2n) is 7.31. The summed E-state index contributed by atoms with van der Waals surface area (Å²) in [5, 5.41) is 10.7. The van der Waals surface area contributed by atoms with E-state index in [4.69, 9.17) is 4.74 Å². The summed E-state index contributed by atoms with van der Waals surface area (Å²) < 4.78 is 5.40. The van der Waals surface area contributed by atoms with Gasteiger partial charge in [0.25, 0.3) is 0 Å². The predicted molar refractivity (Wildman–Crippen MR) is 107 cm³/mol. The minimum Gasteiger partial charge on any atom is -0.379 e. The zero-order valence-electron chi connectivity index (χ0n) is 16.1. The van der Waals surface area contributed by atoms with Gasteiger partial charge in [0.15, 0.2) is 5.82 Å². The number of nitrogens with zero attached hydrogens (tertiary/aromatic N) is 3. The van der Waals surface area contributed by atoms with Crippen molar-refractivity contribution in [2.75, 3.05) is 38.6 Å². The Labute approximate surface area is 164 Å². The fourth-order valence-electron chi connectivity index (χ4n) is 2.93. The molecular formula is C19H27N5O2S. The van der Waals surface area contributed by atoms with E-state index in [2.05, 4.69) is 39.2 Å². The van der Waals surface area contributed by atoms with Gasteiger partial charge in [-0.3, -0.25) is 14.8 Å². The van der Waals surface area contributed by atoms with Gasteiger partial charge in [-0.25, -0.2) is 4.98 Å². The first-order valence-corrected chi connectivity index (χ1v) is 10.1. The third-order valence-corrected chi connectivity index (χ3v) is 5.55. The highest BCUT2D eigenvalue weighted by molar-refractivity contribution is 7.99. The van der Waals surface area contributed by atoms with Crippen molar-refractivity contribution in [3.63, 3.8) is 0 Å². The first kappa shape index (κ1) is 19.9. The highest BCUT2D eigenvalue weighted by atomic mass is 32.2. The number of aromatic nitrogens is 3. The Morgan fingerprint density at radius 1 is 1.30 bits per heavy atom. The van der Waals surface area contributed by atoms with E-state index in [1.165, 1.54) is 17.3 Å². The minimum absolute atomic E-state index is 0.0111. The van der Waals surface area contributed by atoms with Crippen LogP contribution >= 0.6 is 11.8 Å². The summed E-state index contributed by atoms with van der Waals surface area (Å²) in [5.41, 5.74) is 2.09. The standard InChI is InChI=1S/C19H27N5O2S/c1-14-4-6-15(7-5-14)17-21-18(23-22-17)27-12-16(25)20-13-19(2,3)24-8-10-26-11-9-24/h4-7H,8-13H2,1-3H3,(H,20,25)(H,21,22,23). The quantitative estimate of drug-likeness (QED) is 0.706. The number of aromatic amines is 1. The highest BCUT2D eigenvalue weighted by Crippen LogP contribution is 2.20. The molecule has 0 spiro atoms. The molecule has 0 saturated carbocycles. The van der Waals surface area contributed by atoms with Gasteiger partial charge < -0.3 is 10.1 Å². The van der Waals surface area contributed by atoms with Crippen molar-refractivity contribution >= 4 is 17.7 Å². The van der Waals surface area contributed by atoms with Crippen LogP contribution < -0.4 is 5.32 Å². The number of carbonyl (C=O) groups is 1. The Morgan fingerprint density at radius 2 is 2.00 bits per heavy atom. The van der Waals surface area contributed by atoms with Crippen molar-refractivity contribution < 1.29 is 9.53 Å². The molecule has 7 nitrogen and oxygen atoms in total. The molecular weight excluding hydrogens is 362 g/mol. The molecule has 1 fully saturated rings. The smallest absolute Gasteiger partial charge is 0.230 e. The average Bonchev–Trinajstić information content (AvgIpc) is 3.15. The molecule has 2 heterocycles. The Kier molecular flexibility index (Phi) is 6.51. The lowest BCUT2D eigenvalue weighted by atomic mass is 10.0. The van der Waals surface area contributed by atoms with Gasteiger partial charge in [-0.15, -0.1) is 5.10 Å². The van der Waals surface area contributed by atoms with Gasteiger partial charge in [0.1, 0.15) is 0 Å².